The molecular formula is C18H19NO4S. The van der Waals surface area contributed by atoms with E-state index < -0.39 is 12.0 Å². The van der Waals surface area contributed by atoms with Gasteiger partial charge in [0, 0.05) is 10.4 Å². The van der Waals surface area contributed by atoms with Crippen LogP contribution in [0.25, 0.3) is 0 Å². The number of thiophene rings is 1. The first kappa shape index (κ1) is 17.9. The standard InChI is InChI=1S/C18H19NO4S/c1-11-5-4-6-14(9-11)17(21)19-13(3)18(22)23-10-15(20)16-8-7-12(2)24-16/h4-9,13H,10H2,1-3H3,(H,19,21)/t13-/m0/s1. The first-order chi connectivity index (χ1) is 11.4. The molecule has 1 atom stereocenters. The molecule has 0 saturated carbocycles. The lowest BCUT2D eigenvalue weighted by Gasteiger charge is -2.13. The van der Waals surface area contributed by atoms with E-state index in [-0.39, 0.29) is 18.3 Å². The summed E-state index contributed by atoms with van der Waals surface area (Å²) in [5, 5.41) is 2.57. The number of ether oxygens (including phenoxy) is 1. The molecule has 0 unspecified atom stereocenters. The molecule has 0 radical (unpaired) electrons. The molecule has 0 fully saturated rings. The van der Waals surface area contributed by atoms with Crippen LogP contribution in [0.15, 0.2) is 36.4 Å². The Morgan fingerprint density at radius 1 is 1.17 bits per heavy atom. The number of hydrogen-bond acceptors (Lipinski definition) is 5. The highest BCUT2D eigenvalue weighted by Gasteiger charge is 2.19. The van der Waals surface area contributed by atoms with Crippen LogP contribution in [-0.2, 0) is 9.53 Å². The number of aryl methyl sites for hydroxylation is 2. The largest absolute Gasteiger partial charge is 0.456 e. The van der Waals surface area contributed by atoms with Crippen molar-refractivity contribution in [1.82, 2.24) is 5.32 Å². The van der Waals surface area contributed by atoms with E-state index in [4.69, 9.17) is 4.74 Å². The molecule has 0 aliphatic heterocycles. The Bertz CT molecular complexity index is 766. The van der Waals surface area contributed by atoms with Crippen molar-refractivity contribution in [2.75, 3.05) is 6.61 Å². The molecule has 6 heteroatoms. The molecule has 0 aliphatic carbocycles. The van der Waals surface area contributed by atoms with Crippen LogP contribution in [0.3, 0.4) is 0 Å². The van der Waals surface area contributed by atoms with Crippen molar-refractivity contribution in [3.05, 3.63) is 57.3 Å². The summed E-state index contributed by atoms with van der Waals surface area (Å²) in [7, 11) is 0. The molecule has 0 saturated heterocycles. The van der Waals surface area contributed by atoms with Gasteiger partial charge in [0.05, 0.1) is 4.88 Å². The highest BCUT2D eigenvalue weighted by molar-refractivity contribution is 7.14. The van der Waals surface area contributed by atoms with Crippen LogP contribution in [-0.4, -0.2) is 30.3 Å². The summed E-state index contributed by atoms with van der Waals surface area (Å²) < 4.78 is 4.99. The zero-order chi connectivity index (χ0) is 17.7. The molecular weight excluding hydrogens is 326 g/mol. The fourth-order valence-electron chi connectivity index (χ4n) is 2.04. The van der Waals surface area contributed by atoms with Crippen LogP contribution in [0.2, 0.25) is 0 Å². The zero-order valence-corrected chi connectivity index (χ0v) is 14.6. The molecule has 0 spiro atoms. The molecule has 1 heterocycles. The predicted octanol–water partition coefficient (Wildman–Crippen LogP) is 2.91. The smallest absolute Gasteiger partial charge is 0.328 e. The molecule has 126 valence electrons. The summed E-state index contributed by atoms with van der Waals surface area (Å²) in [5.74, 6) is -1.25. The van der Waals surface area contributed by atoms with Crippen molar-refractivity contribution in [2.24, 2.45) is 0 Å². The van der Waals surface area contributed by atoms with Crippen LogP contribution in [0.1, 0.15) is 37.4 Å². The van der Waals surface area contributed by atoms with Gasteiger partial charge in [-0.1, -0.05) is 17.7 Å². The van der Waals surface area contributed by atoms with Crippen LogP contribution in [0.5, 0.6) is 0 Å². The number of ketones is 1. The van der Waals surface area contributed by atoms with Crippen LogP contribution in [0, 0.1) is 13.8 Å². The van der Waals surface area contributed by atoms with Gasteiger partial charge in [0.2, 0.25) is 5.78 Å². The number of amides is 1. The highest BCUT2D eigenvalue weighted by Crippen LogP contribution is 2.15. The van der Waals surface area contributed by atoms with E-state index in [0.717, 1.165) is 10.4 Å². The lowest BCUT2D eigenvalue weighted by atomic mass is 10.1. The van der Waals surface area contributed by atoms with Crippen LogP contribution in [0.4, 0.5) is 0 Å². The van der Waals surface area contributed by atoms with E-state index >= 15 is 0 Å². The highest BCUT2D eigenvalue weighted by atomic mass is 32.1. The number of carbonyl (C=O) groups is 3. The van der Waals surface area contributed by atoms with Gasteiger partial charge in [-0.05, 0) is 45.0 Å². The molecule has 5 nitrogen and oxygen atoms in total. The number of nitrogens with one attached hydrogen (secondary N) is 1. The number of esters is 1. The summed E-state index contributed by atoms with van der Waals surface area (Å²) in [6.07, 6.45) is 0. The number of hydrogen-bond donors (Lipinski definition) is 1. The molecule has 1 aromatic heterocycles. The molecule has 2 rings (SSSR count). The predicted molar refractivity (Wildman–Crippen MR) is 92.5 cm³/mol. The number of rotatable bonds is 6. The van der Waals surface area contributed by atoms with Crippen molar-refractivity contribution < 1.29 is 19.1 Å². The quantitative estimate of drug-likeness (QED) is 0.645. The van der Waals surface area contributed by atoms with Crippen molar-refractivity contribution in [1.29, 1.82) is 0 Å². The Morgan fingerprint density at radius 2 is 1.92 bits per heavy atom. The number of benzene rings is 1. The van der Waals surface area contributed by atoms with Crippen molar-refractivity contribution >= 4 is 29.0 Å². The third-order valence-corrected chi connectivity index (χ3v) is 4.38. The fraction of sp³-hybridized carbons (Fsp3) is 0.278. The summed E-state index contributed by atoms with van der Waals surface area (Å²) in [5.41, 5.74) is 1.43. The average molecular weight is 345 g/mol. The topological polar surface area (TPSA) is 72.5 Å². The lowest BCUT2D eigenvalue weighted by molar-refractivity contribution is -0.144. The third kappa shape index (κ3) is 4.76. The summed E-state index contributed by atoms with van der Waals surface area (Å²) in [6, 6.07) is 9.76. The maximum Gasteiger partial charge on any atom is 0.328 e. The first-order valence-corrected chi connectivity index (χ1v) is 8.32. The second-order valence-corrected chi connectivity index (χ2v) is 6.79. The van der Waals surface area contributed by atoms with E-state index in [2.05, 4.69) is 5.32 Å². The van der Waals surface area contributed by atoms with Gasteiger partial charge in [-0.2, -0.15) is 0 Å². The SMILES string of the molecule is Cc1cccc(C(=O)N[C@@H](C)C(=O)OCC(=O)c2ccc(C)s2)c1. The first-order valence-electron chi connectivity index (χ1n) is 7.50. The van der Waals surface area contributed by atoms with Gasteiger partial charge in [0.25, 0.3) is 5.91 Å². The minimum absolute atomic E-state index is 0.251. The lowest BCUT2D eigenvalue weighted by Crippen LogP contribution is -2.40. The van der Waals surface area contributed by atoms with Gasteiger partial charge >= 0.3 is 5.97 Å². The summed E-state index contributed by atoms with van der Waals surface area (Å²) in [6.45, 7) is 4.97. The monoisotopic (exact) mass is 345 g/mol. The maximum atomic E-state index is 12.1. The second-order valence-electron chi connectivity index (χ2n) is 5.51. The second kappa shape index (κ2) is 7.88. The van der Waals surface area contributed by atoms with E-state index in [1.165, 1.54) is 18.3 Å². The van der Waals surface area contributed by atoms with Crippen molar-refractivity contribution in [3.63, 3.8) is 0 Å². The molecule has 2 aromatic rings. The summed E-state index contributed by atoms with van der Waals surface area (Å²) in [4.78, 5) is 37.5. The molecule has 1 N–H and O–H groups in total. The Morgan fingerprint density at radius 3 is 2.54 bits per heavy atom. The van der Waals surface area contributed by atoms with E-state index in [1.807, 2.05) is 26.0 Å². The van der Waals surface area contributed by atoms with Gasteiger partial charge in [-0.15, -0.1) is 11.3 Å². The molecule has 24 heavy (non-hydrogen) atoms. The Hall–Kier alpha value is -2.47. The Balaban J connectivity index is 1.85. The maximum absolute atomic E-state index is 12.1. The fourth-order valence-corrected chi connectivity index (χ4v) is 2.83. The van der Waals surface area contributed by atoms with Gasteiger partial charge in [0.15, 0.2) is 6.61 Å². The van der Waals surface area contributed by atoms with Gasteiger partial charge < -0.3 is 10.1 Å². The normalized spacial score (nSPS) is 11.6. The van der Waals surface area contributed by atoms with Crippen LogP contribution >= 0.6 is 11.3 Å². The minimum Gasteiger partial charge on any atom is -0.456 e. The third-order valence-electron chi connectivity index (χ3n) is 3.34. The van der Waals surface area contributed by atoms with Crippen molar-refractivity contribution in [3.8, 4) is 0 Å². The van der Waals surface area contributed by atoms with E-state index in [0.29, 0.717) is 10.4 Å². The molecule has 0 bridgehead atoms. The molecule has 1 amide bonds. The zero-order valence-electron chi connectivity index (χ0n) is 13.8. The molecule has 0 aliphatic rings. The molecule has 1 aromatic carbocycles. The van der Waals surface area contributed by atoms with Crippen molar-refractivity contribution in [2.45, 2.75) is 26.8 Å². The van der Waals surface area contributed by atoms with E-state index in [9.17, 15) is 14.4 Å². The number of carbonyl (C=O) groups excluding carboxylic acids is 3. The average Bonchev–Trinajstić information content (AvgIpc) is 2.98. The number of Topliss-reactive ketones (excluding diaryl/α,β-unsaturated/α-hetero) is 1. The van der Waals surface area contributed by atoms with Gasteiger partial charge in [-0.3, -0.25) is 9.59 Å². The Labute approximate surface area is 144 Å². The minimum atomic E-state index is -0.837. The van der Waals surface area contributed by atoms with Crippen LogP contribution < -0.4 is 5.32 Å². The van der Waals surface area contributed by atoms with Gasteiger partial charge in [0.1, 0.15) is 6.04 Å². The Kier molecular flexibility index (Phi) is 5.87. The van der Waals surface area contributed by atoms with E-state index in [1.54, 1.807) is 24.3 Å². The van der Waals surface area contributed by atoms with Gasteiger partial charge in [-0.25, -0.2) is 4.79 Å². The summed E-state index contributed by atoms with van der Waals surface area (Å²) >= 11 is 1.35.